The Morgan fingerprint density at radius 2 is 1.74 bits per heavy atom. The van der Waals surface area contributed by atoms with Gasteiger partial charge in [0.2, 0.25) is 0 Å². The van der Waals surface area contributed by atoms with Gasteiger partial charge in [0.15, 0.2) is 5.76 Å². The molecule has 116 valence electrons. The number of anilines is 1. The van der Waals surface area contributed by atoms with Crippen LogP contribution in [0.2, 0.25) is 0 Å². The van der Waals surface area contributed by atoms with Crippen molar-refractivity contribution in [3.63, 3.8) is 0 Å². The van der Waals surface area contributed by atoms with E-state index in [4.69, 9.17) is 4.74 Å². The van der Waals surface area contributed by atoms with Crippen LogP contribution in [0.25, 0.3) is 5.57 Å². The minimum atomic E-state index is -0.831. The van der Waals surface area contributed by atoms with Crippen LogP contribution in [0.15, 0.2) is 54.3 Å². The zero-order valence-corrected chi connectivity index (χ0v) is 12.1. The van der Waals surface area contributed by atoms with Crippen LogP contribution in [0.1, 0.15) is 5.56 Å². The van der Waals surface area contributed by atoms with Gasteiger partial charge in [-0.15, -0.1) is 0 Å². The molecule has 23 heavy (non-hydrogen) atoms. The fourth-order valence-corrected chi connectivity index (χ4v) is 2.38. The summed E-state index contributed by atoms with van der Waals surface area (Å²) >= 11 is 0. The maximum Gasteiger partial charge on any atom is 0.301 e. The lowest BCUT2D eigenvalue weighted by molar-refractivity contribution is -0.121. The summed E-state index contributed by atoms with van der Waals surface area (Å²) in [5.74, 6) is -2.17. The van der Waals surface area contributed by atoms with E-state index in [-0.39, 0.29) is 16.8 Å². The first kappa shape index (κ1) is 14.8. The van der Waals surface area contributed by atoms with Gasteiger partial charge in [-0.2, -0.15) is 0 Å². The molecule has 2 aromatic rings. The molecule has 0 saturated heterocycles. The fourth-order valence-electron chi connectivity index (χ4n) is 2.38. The van der Waals surface area contributed by atoms with Gasteiger partial charge in [-0.3, -0.25) is 9.59 Å². The third kappa shape index (κ3) is 2.44. The van der Waals surface area contributed by atoms with Crippen LogP contribution >= 0.6 is 0 Å². The number of ether oxygens (including phenoxy) is 1. The normalized spacial score (nSPS) is 14.6. The molecule has 0 aromatic heterocycles. The second-order valence-corrected chi connectivity index (χ2v) is 4.88. The fraction of sp³-hybridized carbons (Fsp3) is 0.0588. The zero-order chi connectivity index (χ0) is 16.6. The Bertz CT molecular complexity index is 827. The Kier molecular flexibility index (Phi) is 3.57. The number of methoxy groups -OCH3 is 1. The van der Waals surface area contributed by atoms with E-state index in [1.807, 2.05) is 0 Å². The number of imide groups is 1. The van der Waals surface area contributed by atoms with Gasteiger partial charge in [0.25, 0.3) is 5.91 Å². The summed E-state index contributed by atoms with van der Waals surface area (Å²) in [6, 6.07) is 11.3. The van der Waals surface area contributed by atoms with Crippen LogP contribution < -0.4 is 9.64 Å². The molecule has 6 heteroatoms. The molecule has 2 amide bonds. The number of aliphatic hydroxyl groups excluding tert-OH is 1. The SMILES string of the molecule is COc1cccc(N2C(=O)C(O)=C(c3ccc(F)cc3)C2=O)c1. The standard InChI is InChI=1S/C17H12FNO4/c1-23-13-4-2-3-12(9-13)19-16(21)14(15(20)17(19)22)10-5-7-11(18)8-6-10/h2-9,20H,1H3. The smallest absolute Gasteiger partial charge is 0.301 e. The number of carbonyl (C=O) groups is 2. The van der Waals surface area contributed by atoms with Gasteiger partial charge in [0, 0.05) is 6.07 Å². The minimum Gasteiger partial charge on any atom is -0.502 e. The Morgan fingerprint density at radius 3 is 2.39 bits per heavy atom. The molecule has 0 fully saturated rings. The van der Waals surface area contributed by atoms with E-state index in [2.05, 4.69) is 0 Å². The van der Waals surface area contributed by atoms with Gasteiger partial charge in [-0.05, 0) is 29.8 Å². The predicted molar refractivity (Wildman–Crippen MR) is 81.4 cm³/mol. The highest BCUT2D eigenvalue weighted by Gasteiger charge is 2.40. The molecule has 1 aliphatic heterocycles. The first-order valence-corrected chi connectivity index (χ1v) is 6.75. The molecule has 0 radical (unpaired) electrons. The van der Waals surface area contributed by atoms with Crippen molar-refractivity contribution in [1.29, 1.82) is 0 Å². The number of hydrogen-bond donors (Lipinski definition) is 1. The first-order valence-electron chi connectivity index (χ1n) is 6.75. The van der Waals surface area contributed by atoms with Crippen molar-refractivity contribution >= 4 is 23.1 Å². The number of amides is 2. The van der Waals surface area contributed by atoms with Crippen LogP contribution in [-0.2, 0) is 9.59 Å². The molecule has 2 aromatic carbocycles. The summed E-state index contributed by atoms with van der Waals surface area (Å²) in [5.41, 5.74) is 0.397. The summed E-state index contributed by atoms with van der Waals surface area (Å²) in [6.07, 6.45) is 0. The molecule has 0 saturated carbocycles. The highest BCUT2D eigenvalue weighted by Crippen LogP contribution is 2.33. The minimum absolute atomic E-state index is 0.155. The van der Waals surface area contributed by atoms with Crippen LogP contribution in [0.3, 0.4) is 0 Å². The lowest BCUT2D eigenvalue weighted by Crippen LogP contribution is -2.31. The molecular weight excluding hydrogens is 301 g/mol. The quantitative estimate of drug-likeness (QED) is 0.885. The van der Waals surface area contributed by atoms with E-state index in [1.54, 1.807) is 18.2 Å². The monoisotopic (exact) mass is 313 g/mol. The number of benzene rings is 2. The van der Waals surface area contributed by atoms with E-state index in [9.17, 15) is 19.1 Å². The van der Waals surface area contributed by atoms with Gasteiger partial charge < -0.3 is 9.84 Å². The Labute approximate surface area is 131 Å². The molecule has 1 N–H and O–H groups in total. The van der Waals surface area contributed by atoms with Crippen molar-refractivity contribution < 1.29 is 23.8 Å². The highest BCUT2D eigenvalue weighted by molar-refractivity contribution is 6.44. The van der Waals surface area contributed by atoms with Crippen molar-refractivity contribution in [3.05, 3.63) is 65.7 Å². The van der Waals surface area contributed by atoms with Crippen molar-refractivity contribution in [2.24, 2.45) is 0 Å². The third-order valence-electron chi connectivity index (χ3n) is 3.50. The molecule has 0 atom stereocenters. The lowest BCUT2D eigenvalue weighted by Gasteiger charge is -2.15. The average molecular weight is 313 g/mol. The number of carbonyl (C=O) groups excluding carboxylic acids is 2. The Morgan fingerprint density at radius 1 is 1.04 bits per heavy atom. The maximum absolute atomic E-state index is 13.0. The topological polar surface area (TPSA) is 66.8 Å². The first-order chi connectivity index (χ1) is 11.0. The van der Waals surface area contributed by atoms with Gasteiger partial charge >= 0.3 is 5.91 Å². The number of rotatable bonds is 3. The van der Waals surface area contributed by atoms with Gasteiger partial charge in [0.1, 0.15) is 11.6 Å². The number of hydrogen-bond acceptors (Lipinski definition) is 4. The van der Waals surface area contributed by atoms with E-state index in [1.165, 1.54) is 25.3 Å². The van der Waals surface area contributed by atoms with Crippen LogP contribution in [0, 0.1) is 5.82 Å². The number of halogens is 1. The number of nitrogens with zero attached hydrogens (tertiary/aromatic N) is 1. The zero-order valence-electron chi connectivity index (χ0n) is 12.1. The highest BCUT2D eigenvalue weighted by atomic mass is 19.1. The second-order valence-electron chi connectivity index (χ2n) is 4.88. The van der Waals surface area contributed by atoms with Gasteiger partial charge in [-0.1, -0.05) is 18.2 Å². The molecule has 0 unspecified atom stereocenters. The molecule has 1 aliphatic rings. The third-order valence-corrected chi connectivity index (χ3v) is 3.50. The average Bonchev–Trinajstić information content (AvgIpc) is 2.78. The van der Waals surface area contributed by atoms with Crippen molar-refractivity contribution in [1.82, 2.24) is 0 Å². The Balaban J connectivity index is 2.03. The molecule has 0 aliphatic carbocycles. The van der Waals surface area contributed by atoms with Crippen molar-refractivity contribution in [2.75, 3.05) is 12.0 Å². The molecule has 1 heterocycles. The van der Waals surface area contributed by atoms with Crippen LogP contribution in [0.5, 0.6) is 5.75 Å². The second kappa shape index (κ2) is 5.57. The van der Waals surface area contributed by atoms with Crippen molar-refractivity contribution in [3.8, 4) is 5.75 Å². The predicted octanol–water partition coefficient (Wildman–Crippen LogP) is 2.68. The molecule has 3 rings (SSSR count). The van der Waals surface area contributed by atoms with E-state index >= 15 is 0 Å². The Hall–Kier alpha value is -3.15. The molecule has 0 bridgehead atoms. The summed E-state index contributed by atoms with van der Waals surface area (Å²) in [7, 11) is 1.46. The summed E-state index contributed by atoms with van der Waals surface area (Å²) in [4.78, 5) is 25.7. The van der Waals surface area contributed by atoms with Gasteiger partial charge in [-0.25, -0.2) is 9.29 Å². The summed E-state index contributed by atoms with van der Waals surface area (Å²) < 4.78 is 18.1. The summed E-state index contributed by atoms with van der Waals surface area (Å²) in [5, 5.41) is 10.1. The maximum atomic E-state index is 13.0. The van der Waals surface area contributed by atoms with Crippen LogP contribution in [-0.4, -0.2) is 24.0 Å². The van der Waals surface area contributed by atoms with E-state index < -0.39 is 23.4 Å². The van der Waals surface area contributed by atoms with Crippen molar-refractivity contribution in [2.45, 2.75) is 0 Å². The number of aliphatic hydroxyl groups is 1. The largest absolute Gasteiger partial charge is 0.502 e. The van der Waals surface area contributed by atoms with E-state index in [0.29, 0.717) is 5.75 Å². The lowest BCUT2D eigenvalue weighted by atomic mass is 10.1. The summed E-state index contributed by atoms with van der Waals surface area (Å²) in [6.45, 7) is 0. The molecular formula is C17H12FNO4. The van der Waals surface area contributed by atoms with Gasteiger partial charge in [0.05, 0.1) is 18.4 Å². The molecule has 5 nitrogen and oxygen atoms in total. The van der Waals surface area contributed by atoms with E-state index in [0.717, 1.165) is 17.0 Å². The van der Waals surface area contributed by atoms with Crippen LogP contribution in [0.4, 0.5) is 10.1 Å². The molecule has 0 spiro atoms.